The molecule has 0 amide bonds. The molecule has 0 saturated heterocycles. The first kappa shape index (κ1) is 29.4. The zero-order valence-corrected chi connectivity index (χ0v) is 23.4. The fraction of sp³-hybridized carbons (Fsp3) is 0.308. The summed E-state index contributed by atoms with van der Waals surface area (Å²) in [6.45, 7) is 12.9. The van der Waals surface area contributed by atoms with Gasteiger partial charge in [-0.05, 0) is 68.7 Å². The summed E-state index contributed by atoms with van der Waals surface area (Å²) >= 11 is 3.47. The van der Waals surface area contributed by atoms with Gasteiger partial charge in [0.2, 0.25) is 0 Å². The molecule has 11 heteroatoms. The lowest BCUT2D eigenvalue weighted by Gasteiger charge is -2.02. The van der Waals surface area contributed by atoms with Gasteiger partial charge in [-0.15, -0.1) is 10.2 Å². The van der Waals surface area contributed by atoms with Gasteiger partial charge < -0.3 is 9.47 Å². The molecule has 0 aliphatic carbocycles. The average molecular weight is 571 g/mol. The Kier molecular flexibility index (Phi) is 11.1. The second kappa shape index (κ2) is 14.0. The molecule has 10 nitrogen and oxygen atoms in total. The Bertz CT molecular complexity index is 1420. The van der Waals surface area contributed by atoms with Gasteiger partial charge in [0, 0.05) is 29.7 Å². The minimum absolute atomic E-state index is 0.369. The van der Waals surface area contributed by atoms with Gasteiger partial charge in [0.1, 0.15) is 11.0 Å². The van der Waals surface area contributed by atoms with E-state index in [9.17, 15) is 9.59 Å². The third-order valence-electron chi connectivity index (χ3n) is 5.42. The van der Waals surface area contributed by atoms with Gasteiger partial charge in [-0.1, -0.05) is 39.0 Å². The number of hydrogen-bond donors (Lipinski definition) is 0. The average Bonchev–Trinajstić information content (AvgIpc) is 3.55. The first-order chi connectivity index (χ1) is 17.7. The van der Waals surface area contributed by atoms with Gasteiger partial charge in [-0.25, -0.2) is 19.0 Å². The van der Waals surface area contributed by atoms with E-state index in [1.165, 1.54) is 20.3 Å². The molecular weight excluding hydrogens is 540 g/mol. The van der Waals surface area contributed by atoms with Crippen LogP contribution in [0.25, 0.3) is 28.1 Å². The SMILES string of the molecule is C=CC(=O)OC.CCn1nnc2c(C)c(/C=C/C(=O)OC)ccc21.CCn1nnc2c(C)c(Br)ccc21. The van der Waals surface area contributed by atoms with Gasteiger partial charge in [0.05, 0.1) is 25.3 Å². The Balaban J connectivity index is 0.000000221. The summed E-state index contributed by atoms with van der Waals surface area (Å²) in [7, 11) is 2.67. The second-order valence-electron chi connectivity index (χ2n) is 7.58. The van der Waals surface area contributed by atoms with E-state index < -0.39 is 5.97 Å². The lowest BCUT2D eigenvalue weighted by molar-refractivity contribution is -0.135. The first-order valence-corrected chi connectivity index (χ1v) is 12.3. The van der Waals surface area contributed by atoms with E-state index in [2.05, 4.69) is 59.5 Å². The summed E-state index contributed by atoms with van der Waals surface area (Å²) in [6, 6.07) is 7.98. The molecule has 4 rings (SSSR count). The molecule has 0 spiro atoms. The molecule has 0 aliphatic heterocycles. The van der Waals surface area contributed by atoms with Gasteiger partial charge in [0.25, 0.3) is 0 Å². The number of hydrogen-bond acceptors (Lipinski definition) is 8. The highest BCUT2D eigenvalue weighted by Gasteiger charge is 2.09. The molecule has 37 heavy (non-hydrogen) atoms. The lowest BCUT2D eigenvalue weighted by Crippen LogP contribution is -1.96. The predicted molar refractivity (Wildman–Crippen MR) is 147 cm³/mol. The number of aromatic nitrogens is 6. The largest absolute Gasteiger partial charge is 0.466 e. The van der Waals surface area contributed by atoms with Crippen molar-refractivity contribution < 1.29 is 19.1 Å². The van der Waals surface area contributed by atoms with Crippen LogP contribution in [0, 0.1) is 13.8 Å². The molecule has 0 unspecified atom stereocenters. The zero-order valence-electron chi connectivity index (χ0n) is 21.9. The standard InChI is InChI=1S/C13H15N3O2.C9H10BrN3.C4H6O2/c1-4-16-11-7-5-10(6-8-12(17)18-3)9(2)13(11)14-15-16;1-3-13-8-5-4-7(10)6(2)9(8)11-12-13;1-3-4(5)6-2/h5-8H,4H2,1-3H3;4-5H,3H2,1-2H3;3H,1H2,2H3/b8-6+;;. The van der Waals surface area contributed by atoms with Crippen LogP contribution in [0.5, 0.6) is 0 Å². The molecule has 2 aromatic carbocycles. The van der Waals surface area contributed by atoms with Crippen LogP contribution in [0.3, 0.4) is 0 Å². The van der Waals surface area contributed by atoms with Crippen molar-refractivity contribution in [3.63, 3.8) is 0 Å². The number of nitrogens with zero attached hydrogens (tertiary/aromatic N) is 6. The number of halogens is 1. The van der Waals surface area contributed by atoms with Crippen LogP contribution < -0.4 is 0 Å². The molecule has 0 N–H and O–H groups in total. The van der Waals surface area contributed by atoms with E-state index in [0.717, 1.165) is 62.4 Å². The van der Waals surface area contributed by atoms with Crippen LogP contribution in [-0.2, 0) is 32.2 Å². The molecular formula is C26H31BrN6O4. The third-order valence-corrected chi connectivity index (χ3v) is 6.28. The summed E-state index contributed by atoms with van der Waals surface area (Å²) < 4.78 is 13.5. The predicted octanol–water partition coefficient (Wildman–Crippen LogP) is 4.81. The molecule has 0 saturated carbocycles. The van der Waals surface area contributed by atoms with Crippen molar-refractivity contribution in [2.45, 2.75) is 40.8 Å². The van der Waals surface area contributed by atoms with E-state index in [1.54, 1.807) is 6.08 Å². The summed E-state index contributed by atoms with van der Waals surface area (Å²) in [5.74, 6) is -0.762. The molecule has 0 fully saturated rings. The molecule has 0 aliphatic rings. The van der Waals surface area contributed by atoms with E-state index in [-0.39, 0.29) is 5.97 Å². The summed E-state index contributed by atoms with van der Waals surface area (Å²) in [6.07, 6.45) is 4.24. The van der Waals surface area contributed by atoms with Crippen molar-refractivity contribution in [2.75, 3.05) is 14.2 Å². The monoisotopic (exact) mass is 570 g/mol. The fourth-order valence-corrected chi connectivity index (χ4v) is 3.60. The van der Waals surface area contributed by atoms with Gasteiger partial charge in [-0.2, -0.15) is 0 Å². The van der Waals surface area contributed by atoms with Crippen LogP contribution in [0.15, 0.2) is 47.5 Å². The fourth-order valence-electron chi connectivity index (χ4n) is 3.28. The Morgan fingerprint density at radius 3 is 1.86 bits per heavy atom. The van der Waals surface area contributed by atoms with Crippen LogP contribution in [0.2, 0.25) is 0 Å². The van der Waals surface area contributed by atoms with E-state index in [0.29, 0.717) is 0 Å². The minimum atomic E-state index is -0.394. The third kappa shape index (κ3) is 7.32. The van der Waals surface area contributed by atoms with Gasteiger partial charge >= 0.3 is 11.9 Å². The number of ether oxygens (including phenoxy) is 2. The Hall–Kier alpha value is -3.86. The number of aryl methyl sites for hydroxylation is 4. The van der Waals surface area contributed by atoms with Gasteiger partial charge in [0.15, 0.2) is 0 Å². The summed E-state index contributed by atoms with van der Waals surface area (Å²) in [5, 5.41) is 16.4. The van der Waals surface area contributed by atoms with Crippen LogP contribution in [0.1, 0.15) is 30.5 Å². The maximum absolute atomic E-state index is 11.1. The van der Waals surface area contributed by atoms with E-state index in [4.69, 9.17) is 0 Å². The minimum Gasteiger partial charge on any atom is -0.466 e. The van der Waals surface area contributed by atoms with E-state index in [1.807, 2.05) is 54.4 Å². The van der Waals surface area contributed by atoms with Crippen molar-refractivity contribution in [1.29, 1.82) is 0 Å². The molecule has 0 atom stereocenters. The van der Waals surface area contributed by atoms with E-state index >= 15 is 0 Å². The molecule has 0 radical (unpaired) electrons. The topological polar surface area (TPSA) is 114 Å². The zero-order chi connectivity index (χ0) is 27.5. The van der Waals surface area contributed by atoms with Crippen molar-refractivity contribution in [1.82, 2.24) is 30.0 Å². The Morgan fingerprint density at radius 2 is 1.41 bits per heavy atom. The number of rotatable bonds is 5. The van der Waals surface area contributed by atoms with Crippen molar-refractivity contribution >= 4 is 56.0 Å². The molecule has 196 valence electrons. The molecule has 2 aromatic heterocycles. The number of esters is 2. The normalized spacial score (nSPS) is 10.5. The highest BCUT2D eigenvalue weighted by Crippen LogP contribution is 2.23. The summed E-state index contributed by atoms with van der Waals surface area (Å²) in [5.41, 5.74) is 7.05. The maximum Gasteiger partial charge on any atom is 0.330 e. The number of benzene rings is 2. The number of methoxy groups -OCH3 is 2. The number of carbonyl (C=O) groups excluding carboxylic acids is 2. The molecule has 2 heterocycles. The maximum atomic E-state index is 11.1. The van der Waals surface area contributed by atoms with Crippen molar-refractivity contribution in [3.8, 4) is 0 Å². The second-order valence-corrected chi connectivity index (χ2v) is 8.44. The smallest absolute Gasteiger partial charge is 0.330 e. The first-order valence-electron chi connectivity index (χ1n) is 11.5. The quantitative estimate of drug-likeness (QED) is 0.248. The molecule has 4 aromatic rings. The highest BCUT2D eigenvalue weighted by atomic mass is 79.9. The lowest BCUT2D eigenvalue weighted by atomic mass is 10.1. The van der Waals surface area contributed by atoms with Crippen molar-refractivity contribution in [2.24, 2.45) is 0 Å². The van der Waals surface area contributed by atoms with Crippen LogP contribution >= 0.6 is 15.9 Å². The van der Waals surface area contributed by atoms with Crippen LogP contribution in [0.4, 0.5) is 0 Å². The number of fused-ring (bicyclic) bond motifs is 2. The number of carbonyl (C=O) groups is 2. The van der Waals surface area contributed by atoms with Crippen molar-refractivity contribution in [3.05, 3.63) is 64.2 Å². The Morgan fingerprint density at radius 1 is 0.892 bits per heavy atom. The Labute approximate surface area is 224 Å². The van der Waals surface area contributed by atoms with Gasteiger partial charge in [-0.3, -0.25) is 0 Å². The van der Waals surface area contributed by atoms with Crippen LogP contribution in [-0.4, -0.2) is 56.1 Å². The molecule has 0 bridgehead atoms. The summed E-state index contributed by atoms with van der Waals surface area (Å²) in [4.78, 5) is 20.9. The highest BCUT2D eigenvalue weighted by molar-refractivity contribution is 9.10.